The van der Waals surface area contributed by atoms with Crippen molar-refractivity contribution in [3.8, 4) is 0 Å². The largest absolute Gasteiger partial charge is 0.399 e. The Morgan fingerprint density at radius 2 is 1.90 bits per heavy atom. The topological polar surface area (TPSA) is 90.6 Å². The Hall–Kier alpha value is -0.800. The molecule has 6 nitrogen and oxygen atoms in total. The molecule has 0 bridgehead atoms. The third kappa shape index (κ3) is 8.94. The van der Waals surface area contributed by atoms with Gasteiger partial charge in [-0.2, -0.15) is 0 Å². The van der Waals surface area contributed by atoms with Gasteiger partial charge in [0, 0.05) is 30.0 Å². The minimum atomic E-state index is -3.26. The number of thioether (sulfide) groups is 1. The second kappa shape index (κ2) is 10.0. The molecule has 21 heavy (non-hydrogen) atoms. The lowest BCUT2D eigenvalue weighted by molar-refractivity contribution is 0.0736. The van der Waals surface area contributed by atoms with Gasteiger partial charge in [0.05, 0.1) is 25.6 Å². The van der Waals surface area contributed by atoms with Crippen LogP contribution in [0.1, 0.15) is 0 Å². The molecule has 0 saturated carbocycles. The van der Waals surface area contributed by atoms with E-state index in [0.717, 1.165) is 4.90 Å². The molecule has 1 aromatic rings. The van der Waals surface area contributed by atoms with Crippen molar-refractivity contribution in [3.05, 3.63) is 24.3 Å². The fraction of sp³-hybridized carbons (Fsp3) is 0.538. The fourth-order valence-corrected chi connectivity index (χ4v) is 3.73. The minimum Gasteiger partial charge on any atom is -0.399 e. The van der Waals surface area contributed by atoms with Crippen LogP contribution in [-0.4, -0.2) is 53.4 Å². The van der Waals surface area contributed by atoms with Crippen LogP contribution in [0, 0.1) is 0 Å². The van der Waals surface area contributed by atoms with Crippen molar-refractivity contribution in [2.45, 2.75) is 4.90 Å². The maximum Gasteiger partial charge on any atom is 0.212 e. The molecule has 1 aromatic carbocycles. The molecule has 120 valence electrons. The van der Waals surface area contributed by atoms with Crippen molar-refractivity contribution in [3.63, 3.8) is 0 Å². The van der Waals surface area contributed by atoms with Crippen LogP contribution in [0.25, 0.3) is 0 Å². The van der Waals surface area contributed by atoms with Crippen molar-refractivity contribution in [1.29, 1.82) is 0 Å². The van der Waals surface area contributed by atoms with Crippen LogP contribution in [0.4, 0.5) is 5.69 Å². The van der Waals surface area contributed by atoms with Gasteiger partial charge >= 0.3 is 0 Å². The standard InChI is InChI=1S/C13H22N2O4S2/c1-18-8-9-19-7-6-15-21(16,17)11-10-20-13-4-2-12(14)3-5-13/h2-5,15H,6-11,14H2,1H3. The predicted octanol–water partition coefficient (Wildman–Crippen LogP) is 0.943. The highest BCUT2D eigenvalue weighted by molar-refractivity contribution is 8.00. The van der Waals surface area contributed by atoms with E-state index in [2.05, 4.69) is 4.72 Å². The Kier molecular flexibility index (Phi) is 8.70. The first-order valence-electron chi connectivity index (χ1n) is 6.56. The second-order valence-corrected chi connectivity index (χ2v) is 7.33. The Balaban J connectivity index is 2.16. The number of ether oxygens (including phenoxy) is 2. The van der Waals surface area contributed by atoms with Gasteiger partial charge in [0.1, 0.15) is 0 Å². The minimum absolute atomic E-state index is 0.0696. The first-order valence-corrected chi connectivity index (χ1v) is 9.19. The molecule has 0 fully saturated rings. The Bertz CT molecular complexity index is 491. The molecular formula is C13H22N2O4S2. The van der Waals surface area contributed by atoms with Crippen LogP contribution >= 0.6 is 11.8 Å². The van der Waals surface area contributed by atoms with E-state index >= 15 is 0 Å². The molecule has 0 radical (unpaired) electrons. The van der Waals surface area contributed by atoms with Gasteiger partial charge in [0.2, 0.25) is 10.0 Å². The summed E-state index contributed by atoms with van der Waals surface area (Å²) in [6.45, 7) is 1.59. The summed E-state index contributed by atoms with van der Waals surface area (Å²) in [4.78, 5) is 1.00. The number of rotatable bonds is 11. The number of anilines is 1. The third-order valence-electron chi connectivity index (χ3n) is 2.50. The predicted molar refractivity (Wildman–Crippen MR) is 86.1 cm³/mol. The molecule has 0 aliphatic rings. The van der Waals surface area contributed by atoms with Gasteiger partial charge < -0.3 is 15.2 Å². The van der Waals surface area contributed by atoms with E-state index in [1.807, 2.05) is 12.1 Å². The van der Waals surface area contributed by atoms with Crippen molar-refractivity contribution >= 4 is 27.5 Å². The second-order valence-electron chi connectivity index (χ2n) is 4.24. The molecule has 0 spiro atoms. The summed E-state index contributed by atoms with van der Waals surface area (Å²) >= 11 is 1.48. The number of nitrogen functional groups attached to an aromatic ring is 1. The number of hydrogen-bond donors (Lipinski definition) is 2. The molecule has 1 rings (SSSR count). The molecular weight excluding hydrogens is 312 g/mol. The monoisotopic (exact) mass is 334 g/mol. The van der Waals surface area contributed by atoms with Crippen LogP contribution < -0.4 is 10.5 Å². The van der Waals surface area contributed by atoms with Gasteiger partial charge in [0.15, 0.2) is 0 Å². The van der Waals surface area contributed by atoms with Crippen molar-refractivity contribution in [1.82, 2.24) is 4.72 Å². The van der Waals surface area contributed by atoms with E-state index in [9.17, 15) is 8.42 Å². The summed E-state index contributed by atoms with van der Waals surface area (Å²) in [6, 6.07) is 7.35. The molecule has 0 aromatic heterocycles. The zero-order valence-corrected chi connectivity index (χ0v) is 13.7. The van der Waals surface area contributed by atoms with Crippen molar-refractivity contribution in [2.24, 2.45) is 0 Å². The first-order chi connectivity index (χ1) is 10.0. The van der Waals surface area contributed by atoms with Gasteiger partial charge in [-0.25, -0.2) is 13.1 Å². The summed E-state index contributed by atoms with van der Waals surface area (Å²) in [5.41, 5.74) is 6.28. The van der Waals surface area contributed by atoms with Crippen LogP contribution in [0.3, 0.4) is 0 Å². The number of nitrogens with two attached hydrogens (primary N) is 1. The van der Waals surface area contributed by atoms with Crippen molar-refractivity contribution < 1.29 is 17.9 Å². The lowest BCUT2D eigenvalue weighted by atomic mass is 10.3. The number of methoxy groups -OCH3 is 1. The number of benzene rings is 1. The molecule has 0 unspecified atom stereocenters. The highest BCUT2D eigenvalue weighted by Crippen LogP contribution is 2.19. The number of hydrogen-bond acceptors (Lipinski definition) is 6. The normalized spacial score (nSPS) is 11.7. The SMILES string of the molecule is COCCOCCNS(=O)(=O)CCSc1ccc(N)cc1. The van der Waals surface area contributed by atoms with E-state index < -0.39 is 10.0 Å². The number of nitrogens with one attached hydrogen (secondary N) is 1. The fourth-order valence-electron chi connectivity index (χ4n) is 1.42. The molecule has 8 heteroatoms. The third-order valence-corrected chi connectivity index (χ3v) is 5.16. The zero-order valence-electron chi connectivity index (χ0n) is 12.1. The van der Waals surface area contributed by atoms with Gasteiger partial charge in [0.25, 0.3) is 0 Å². The molecule has 0 amide bonds. The van der Waals surface area contributed by atoms with Crippen LogP contribution in [0.2, 0.25) is 0 Å². The van der Waals surface area contributed by atoms with E-state index in [1.54, 1.807) is 19.2 Å². The van der Waals surface area contributed by atoms with Gasteiger partial charge in [-0.05, 0) is 24.3 Å². The smallest absolute Gasteiger partial charge is 0.212 e. The van der Waals surface area contributed by atoms with Crippen LogP contribution in [-0.2, 0) is 19.5 Å². The van der Waals surface area contributed by atoms with Crippen molar-refractivity contribution in [2.75, 3.05) is 50.7 Å². The van der Waals surface area contributed by atoms with Gasteiger partial charge in [-0.15, -0.1) is 11.8 Å². The lowest BCUT2D eigenvalue weighted by Gasteiger charge is -2.07. The molecule has 0 aliphatic heterocycles. The van der Waals surface area contributed by atoms with Crippen LogP contribution in [0.15, 0.2) is 29.2 Å². The van der Waals surface area contributed by atoms with Gasteiger partial charge in [-0.1, -0.05) is 0 Å². The summed E-state index contributed by atoms with van der Waals surface area (Å²) in [6.07, 6.45) is 0. The average molecular weight is 334 g/mol. The highest BCUT2D eigenvalue weighted by Gasteiger charge is 2.09. The quantitative estimate of drug-likeness (QED) is 0.356. The molecule has 0 saturated heterocycles. The van der Waals surface area contributed by atoms with E-state index in [-0.39, 0.29) is 12.3 Å². The summed E-state index contributed by atoms with van der Waals surface area (Å²) in [5, 5.41) is 0. The van der Waals surface area contributed by atoms with Crippen LogP contribution in [0.5, 0.6) is 0 Å². The molecule has 0 atom stereocenters. The van der Waals surface area contributed by atoms with E-state index in [4.69, 9.17) is 15.2 Å². The maximum absolute atomic E-state index is 11.7. The average Bonchev–Trinajstić information content (AvgIpc) is 2.45. The Morgan fingerprint density at radius 3 is 2.57 bits per heavy atom. The Morgan fingerprint density at radius 1 is 1.19 bits per heavy atom. The lowest BCUT2D eigenvalue weighted by Crippen LogP contribution is -2.30. The maximum atomic E-state index is 11.7. The summed E-state index contributed by atoms with van der Waals surface area (Å²) in [7, 11) is -1.67. The zero-order chi connectivity index (χ0) is 15.6. The van der Waals surface area contributed by atoms with E-state index in [1.165, 1.54) is 11.8 Å². The Labute approximate surface area is 130 Å². The molecule has 0 aliphatic carbocycles. The summed E-state index contributed by atoms with van der Waals surface area (Å²) in [5.74, 6) is 0.559. The first kappa shape index (κ1) is 18.2. The van der Waals surface area contributed by atoms with Gasteiger partial charge in [-0.3, -0.25) is 0 Å². The molecule has 3 N–H and O–H groups in total. The van der Waals surface area contributed by atoms with E-state index in [0.29, 0.717) is 31.3 Å². The number of sulfonamides is 1. The summed E-state index contributed by atoms with van der Waals surface area (Å²) < 4.78 is 36.0. The highest BCUT2D eigenvalue weighted by atomic mass is 32.2. The molecule has 0 heterocycles.